The number of urea groups is 1. The summed E-state index contributed by atoms with van der Waals surface area (Å²) in [6, 6.07) is 11.2. The third-order valence-corrected chi connectivity index (χ3v) is 4.21. The van der Waals surface area contributed by atoms with E-state index in [4.69, 9.17) is 16.3 Å². The zero-order valence-electron chi connectivity index (χ0n) is 13.5. The van der Waals surface area contributed by atoms with Crippen LogP contribution >= 0.6 is 11.6 Å². The summed E-state index contributed by atoms with van der Waals surface area (Å²) in [5, 5.41) is 3.53. The van der Waals surface area contributed by atoms with Crippen LogP contribution in [0, 0.1) is 6.92 Å². The number of carbonyl (C=O) groups is 1. The lowest BCUT2D eigenvalue weighted by molar-refractivity contribution is 0.111. The molecule has 3 rings (SSSR count). The van der Waals surface area contributed by atoms with Crippen molar-refractivity contribution < 1.29 is 9.53 Å². The summed E-state index contributed by atoms with van der Waals surface area (Å²) in [6.45, 7) is 3.33. The molecule has 0 aliphatic carbocycles. The maximum absolute atomic E-state index is 12.3. The fourth-order valence-corrected chi connectivity index (χ4v) is 2.82. The largest absolute Gasteiger partial charge is 0.474 e. The zero-order chi connectivity index (χ0) is 16.9. The van der Waals surface area contributed by atoms with Crippen LogP contribution in [-0.4, -0.2) is 35.1 Å². The summed E-state index contributed by atoms with van der Waals surface area (Å²) in [7, 11) is 0. The van der Waals surface area contributed by atoms with Crippen molar-refractivity contribution in [3.8, 4) is 5.88 Å². The van der Waals surface area contributed by atoms with Crippen LogP contribution < -0.4 is 10.1 Å². The number of pyridine rings is 1. The molecule has 0 atom stereocenters. The van der Waals surface area contributed by atoms with Gasteiger partial charge in [-0.15, -0.1) is 0 Å². The average molecular weight is 346 g/mol. The highest BCUT2D eigenvalue weighted by Crippen LogP contribution is 2.19. The molecule has 1 aliphatic heterocycles. The summed E-state index contributed by atoms with van der Waals surface area (Å²) < 4.78 is 5.84. The molecule has 5 nitrogen and oxygen atoms in total. The molecule has 0 radical (unpaired) electrons. The Morgan fingerprint density at radius 2 is 2.08 bits per heavy atom. The quantitative estimate of drug-likeness (QED) is 0.910. The summed E-state index contributed by atoms with van der Waals surface area (Å²) in [5.74, 6) is 0.571. The number of carbonyl (C=O) groups excluding carboxylic acids is 1. The molecular formula is C18H20ClN3O2. The molecule has 1 aliphatic rings. The first-order valence-electron chi connectivity index (χ1n) is 8.01. The highest BCUT2D eigenvalue weighted by molar-refractivity contribution is 6.30. The van der Waals surface area contributed by atoms with Crippen molar-refractivity contribution in [2.45, 2.75) is 25.9 Å². The number of piperidine rings is 1. The SMILES string of the molecule is Cc1cccc(NC(=O)N2CCC(Oc3ccc(Cl)cn3)CC2)c1. The van der Waals surface area contributed by atoms with Gasteiger partial charge in [-0.25, -0.2) is 9.78 Å². The first-order valence-corrected chi connectivity index (χ1v) is 8.39. The smallest absolute Gasteiger partial charge is 0.321 e. The first-order chi connectivity index (χ1) is 11.6. The highest BCUT2D eigenvalue weighted by Gasteiger charge is 2.24. The van der Waals surface area contributed by atoms with Gasteiger partial charge in [0, 0.05) is 43.9 Å². The van der Waals surface area contributed by atoms with Crippen molar-refractivity contribution in [2.24, 2.45) is 0 Å². The monoisotopic (exact) mass is 345 g/mol. The molecule has 0 saturated carbocycles. The minimum absolute atomic E-state index is 0.0660. The second-order valence-electron chi connectivity index (χ2n) is 5.92. The van der Waals surface area contributed by atoms with Crippen molar-refractivity contribution in [2.75, 3.05) is 18.4 Å². The number of nitrogens with one attached hydrogen (secondary N) is 1. The topological polar surface area (TPSA) is 54.5 Å². The molecule has 1 saturated heterocycles. The average Bonchev–Trinajstić information content (AvgIpc) is 2.57. The van der Waals surface area contributed by atoms with E-state index >= 15 is 0 Å². The lowest BCUT2D eigenvalue weighted by Gasteiger charge is -2.32. The fraction of sp³-hybridized carbons (Fsp3) is 0.333. The van der Waals surface area contributed by atoms with Gasteiger partial charge in [0.25, 0.3) is 0 Å². The van der Waals surface area contributed by atoms with Gasteiger partial charge in [-0.1, -0.05) is 23.7 Å². The second kappa shape index (κ2) is 7.53. The fourth-order valence-electron chi connectivity index (χ4n) is 2.70. The number of hydrogen-bond donors (Lipinski definition) is 1. The van der Waals surface area contributed by atoms with Gasteiger partial charge in [0.1, 0.15) is 6.10 Å². The molecular weight excluding hydrogens is 326 g/mol. The number of aryl methyl sites for hydroxylation is 1. The Labute approximate surface area is 146 Å². The lowest BCUT2D eigenvalue weighted by Crippen LogP contribution is -2.43. The van der Waals surface area contributed by atoms with Crippen molar-refractivity contribution in [1.29, 1.82) is 0 Å². The van der Waals surface area contributed by atoms with Crippen molar-refractivity contribution in [3.05, 3.63) is 53.2 Å². The number of aromatic nitrogens is 1. The number of halogens is 1. The van der Waals surface area contributed by atoms with Crippen molar-refractivity contribution in [1.82, 2.24) is 9.88 Å². The number of amides is 2. The Kier molecular flexibility index (Phi) is 5.20. The second-order valence-corrected chi connectivity index (χ2v) is 6.35. The van der Waals surface area contributed by atoms with Crippen LogP contribution in [0.1, 0.15) is 18.4 Å². The minimum atomic E-state index is -0.0660. The molecule has 24 heavy (non-hydrogen) atoms. The maximum Gasteiger partial charge on any atom is 0.321 e. The molecule has 1 aromatic carbocycles. The number of anilines is 1. The maximum atomic E-state index is 12.3. The standard InChI is InChI=1S/C18H20ClN3O2/c1-13-3-2-4-15(11-13)21-18(23)22-9-7-16(8-10-22)24-17-6-5-14(19)12-20-17/h2-6,11-12,16H,7-10H2,1H3,(H,21,23). The number of rotatable bonds is 3. The van der Waals surface area contributed by atoms with Gasteiger partial charge < -0.3 is 15.0 Å². The Morgan fingerprint density at radius 1 is 1.29 bits per heavy atom. The van der Waals surface area contributed by atoms with Crippen LogP contribution in [0.15, 0.2) is 42.6 Å². The summed E-state index contributed by atoms with van der Waals surface area (Å²) in [4.78, 5) is 18.3. The summed E-state index contributed by atoms with van der Waals surface area (Å²) in [5.41, 5.74) is 1.94. The minimum Gasteiger partial charge on any atom is -0.474 e. The third kappa shape index (κ3) is 4.38. The van der Waals surface area contributed by atoms with E-state index in [1.165, 1.54) is 0 Å². The Bertz CT molecular complexity index is 698. The van der Waals surface area contributed by atoms with Crippen molar-refractivity contribution >= 4 is 23.3 Å². The Morgan fingerprint density at radius 3 is 2.75 bits per heavy atom. The van der Waals surface area contributed by atoms with Gasteiger partial charge in [-0.2, -0.15) is 0 Å². The van der Waals surface area contributed by atoms with E-state index in [0.717, 1.165) is 24.1 Å². The Hall–Kier alpha value is -2.27. The predicted molar refractivity (Wildman–Crippen MR) is 94.7 cm³/mol. The van der Waals surface area contributed by atoms with Gasteiger partial charge >= 0.3 is 6.03 Å². The van der Waals surface area contributed by atoms with E-state index in [1.807, 2.05) is 36.1 Å². The number of hydrogen-bond acceptors (Lipinski definition) is 3. The third-order valence-electron chi connectivity index (χ3n) is 3.99. The number of benzene rings is 1. The summed E-state index contributed by atoms with van der Waals surface area (Å²) >= 11 is 5.82. The molecule has 0 spiro atoms. The number of ether oxygens (including phenoxy) is 1. The van der Waals surface area contributed by atoms with Crippen molar-refractivity contribution in [3.63, 3.8) is 0 Å². The first kappa shape index (κ1) is 16.6. The van der Waals surface area contributed by atoms with Crippen LogP contribution in [0.3, 0.4) is 0 Å². The van der Waals surface area contributed by atoms with E-state index < -0.39 is 0 Å². The zero-order valence-corrected chi connectivity index (χ0v) is 14.3. The normalized spacial score (nSPS) is 15.2. The molecule has 2 aromatic rings. The number of nitrogens with zero attached hydrogens (tertiary/aromatic N) is 2. The van der Waals surface area contributed by atoms with E-state index in [-0.39, 0.29) is 12.1 Å². The van der Waals surface area contributed by atoms with E-state index in [1.54, 1.807) is 18.3 Å². The van der Waals surface area contributed by atoms with Crippen LogP contribution in [-0.2, 0) is 0 Å². The van der Waals surface area contributed by atoms with Gasteiger partial charge in [0.15, 0.2) is 0 Å². The van der Waals surface area contributed by atoms with Gasteiger partial charge in [-0.05, 0) is 30.7 Å². The van der Waals surface area contributed by atoms with Crippen LogP contribution in [0.25, 0.3) is 0 Å². The molecule has 1 aromatic heterocycles. The Balaban J connectivity index is 1.49. The number of likely N-dealkylation sites (tertiary alicyclic amines) is 1. The van der Waals surface area contributed by atoms with Crippen LogP contribution in [0.2, 0.25) is 5.02 Å². The molecule has 126 valence electrons. The molecule has 6 heteroatoms. The highest BCUT2D eigenvalue weighted by atomic mass is 35.5. The lowest BCUT2D eigenvalue weighted by atomic mass is 10.1. The molecule has 0 unspecified atom stereocenters. The summed E-state index contributed by atoms with van der Waals surface area (Å²) in [6.07, 6.45) is 3.21. The van der Waals surface area contributed by atoms with E-state index in [0.29, 0.717) is 24.0 Å². The molecule has 1 N–H and O–H groups in total. The van der Waals surface area contributed by atoms with Gasteiger partial charge in [0.2, 0.25) is 5.88 Å². The molecule has 0 bridgehead atoms. The van der Waals surface area contributed by atoms with E-state index in [2.05, 4.69) is 10.3 Å². The van der Waals surface area contributed by atoms with Gasteiger partial charge in [0.05, 0.1) is 5.02 Å². The van der Waals surface area contributed by atoms with E-state index in [9.17, 15) is 4.79 Å². The van der Waals surface area contributed by atoms with Gasteiger partial charge in [-0.3, -0.25) is 0 Å². The van der Waals surface area contributed by atoms with Crippen LogP contribution in [0.4, 0.5) is 10.5 Å². The predicted octanol–water partition coefficient (Wildman–Crippen LogP) is 4.12. The molecule has 2 heterocycles. The molecule has 2 amide bonds. The van der Waals surface area contributed by atoms with Crippen LogP contribution in [0.5, 0.6) is 5.88 Å². The molecule has 1 fully saturated rings.